The van der Waals surface area contributed by atoms with Crippen LogP contribution < -0.4 is 11.1 Å². The summed E-state index contributed by atoms with van der Waals surface area (Å²) in [5.74, 6) is -0.130. The zero-order valence-corrected chi connectivity index (χ0v) is 13.8. The van der Waals surface area contributed by atoms with E-state index in [2.05, 4.69) is 5.32 Å². The number of carbonyl (C=O) groups is 1. The highest BCUT2D eigenvalue weighted by molar-refractivity contribution is 7.89. The summed E-state index contributed by atoms with van der Waals surface area (Å²) in [4.78, 5) is 12.4. The maximum Gasteiger partial charge on any atom is 0.242 e. The summed E-state index contributed by atoms with van der Waals surface area (Å²) in [6.07, 6.45) is 3.42. The van der Waals surface area contributed by atoms with Crippen molar-refractivity contribution >= 4 is 15.9 Å². The third kappa shape index (κ3) is 3.48. The largest absolute Gasteiger partial charge is 0.350 e. The molecular formula is C15H23N3O3S. The fourth-order valence-electron chi connectivity index (χ4n) is 2.58. The number of benzene rings is 1. The van der Waals surface area contributed by atoms with Gasteiger partial charge in [-0.3, -0.25) is 4.79 Å². The van der Waals surface area contributed by atoms with E-state index >= 15 is 0 Å². The molecule has 1 saturated carbocycles. The maximum absolute atomic E-state index is 12.1. The molecule has 0 unspecified atom stereocenters. The number of nitrogens with zero attached hydrogens (tertiary/aromatic N) is 1. The first-order valence-corrected chi connectivity index (χ1v) is 8.78. The number of sulfonamides is 1. The predicted molar refractivity (Wildman–Crippen MR) is 84.5 cm³/mol. The average molecular weight is 325 g/mol. The number of nitrogens with one attached hydrogen (secondary N) is 1. The summed E-state index contributed by atoms with van der Waals surface area (Å²) in [5.41, 5.74) is 6.18. The van der Waals surface area contributed by atoms with E-state index in [4.69, 9.17) is 5.73 Å². The molecule has 7 heteroatoms. The Balaban J connectivity index is 1.99. The molecule has 0 radical (unpaired) electrons. The zero-order chi connectivity index (χ0) is 16.4. The Hall–Kier alpha value is -1.44. The molecular weight excluding hydrogens is 302 g/mol. The van der Waals surface area contributed by atoms with Gasteiger partial charge in [0.25, 0.3) is 0 Å². The SMILES string of the molecule is CN(C)S(=O)(=O)c1ccc(CNC(=O)C2(N)CCCC2)cc1. The van der Waals surface area contributed by atoms with Crippen molar-refractivity contribution < 1.29 is 13.2 Å². The highest BCUT2D eigenvalue weighted by Crippen LogP contribution is 2.27. The monoisotopic (exact) mass is 325 g/mol. The fourth-order valence-corrected chi connectivity index (χ4v) is 3.48. The van der Waals surface area contributed by atoms with Gasteiger partial charge in [0.05, 0.1) is 10.4 Å². The van der Waals surface area contributed by atoms with Gasteiger partial charge in [-0.15, -0.1) is 0 Å². The zero-order valence-electron chi connectivity index (χ0n) is 13.0. The minimum atomic E-state index is -3.42. The molecule has 1 aromatic carbocycles. The van der Waals surface area contributed by atoms with Crippen molar-refractivity contribution in [3.8, 4) is 0 Å². The lowest BCUT2D eigenvalue weighted by atomic mass is 9.98. The van der Waals surface area contributed by atoms with E-state index in [9.17, 15) is 13.2 Å². The first kappa shape index (κ1) is 16.9. The van der Waals surface area contributed by atoms with Gasteiger partial charge in [-0.2, -0.15) is 0 Å². The molecule has 1 fully saturated rings. The molecule has 122 valence electrons. The van der Waals surface area contributed by atoms with Gasteiger partial charge < -0.3 is 11.1 Å². The van der Waals surface area contributed by atoms with E-state index < -0.39 is 15.6 Å². The summed E-state index contributed by atoms with van der Waals surface area (Å²) in [6.45, 7) is 0.347. The lowest BCUT2D eigenvalue weighted by molar-refractivity contribution is -0.126. The van der Waals surface area contributed by atoms with Crippen LogP contribution in [0.4, 0.5) is 0 Å². The van der Waals surface area contributed by atoms with E-state index in [-0.39, 0.29) is 10.8 Å². The smallest absolute Gasteiger partial charge is 0.242 e. The average Bonchev–Trinajstić information content (AvgIpc) is 2.93. The second kappa shape index (κ2) is 6.36. The third-order valence-corrected chi connectivity index (χ3v) is 5.93. The molecule has 22 heavy (non-hydrogen) atoms. The number of hydrogen-bond acceptors (Lipinski definition) is 4. The van der Waals surface area contributed by atoms with Crippen LogP contribution in [0.3, 0.4) is 0 Å². The number of carbonyl (C=O) groups excluding carboxylic acids is 1. The van der Waals surface area contributed by atoms with E-state index in [1.54, 1.807) is 24.3 Å². The third-order valence-electron chi connectivity index (χ3n) is 4.10. The highest BCUT2D eigenvalue weighted by Gasteiger charge is 2.36. The Morgan fingerprint density at radius 1 is 1.23 bits per heavy atom. The number of nitrogens with two attached hydrogens (primary N) is 1. The molecule has 0 bridgehead atoms. The molecule has 0 atom stereocenters. The van der Waals surface area contributed by atoms with Gasteiger partial charge in [-0.25, -0.2) is 12.7 Å². The number of rotatable bonds is 5. The molecule has 1 aromatic rings. The van der Waals surface area contributed by atoms with Crippen LogP contribution in [0, 0.1) is 0 Å². The Morgan fingerprint density at radius 2 is 1.77 bits per heavy atom. The van der Waals surface area contributed by atoms with Crippen molar-refractivity contribution in [1.29, 1.82) is 0 Å². The van der Waals surface area contributed by atoms with Gasteiger partial charge in [0.15, 0.2) is 0 Å². The van der Waals surface area contributed by atoms with Crippen molar-refractivity contribution in [1.82, 2.24) is 9.62 Å². The minimum absolute atomic E-state index is 0.130. The molecule has 6 nitrogen and oxygen atoms in total. The quantitative estimate of drug-likeness (QED) is 0.838. The van der Waals surface area contributed by atoms with Crippen LogP contribution in [0.25, 0.3) is 0 Å². The lowest BCUT2D eigenvalue weighted by Gasteiger charge is -2.22. The maximum atomic E-state index is 12.1. The van der Waals surface area contributed by atoms with Crippen LogP contribution >= 0.6 is 0 Å². The Bertz CT molecular complexity index is 633. The van der Waals surface area contributed by atoms with Gasteiger partial charge in [-0.1, -0.05) is 25.0 Å². The first-order valence-electron chi connectivity index (χ1n) is 7.34. The summed E-state index contributed by atoms with van der Waals surface area (Å²) in [6, 6.07) is 6.50. The normalized spacial score (nSPS) is 17.6. The molecule has 1 aliphatic carbocycles. The van der Waals surface area contributed by atoms with Crippen molar-refractivity contribution in [2.45, 2.75) is 42.7 Å². The van der Waals surface area contributed by atoms with E-state index in [1.807, 2.05) is 0 Å². The molecule has 2 rings (SSSR count). The summed E-state index contributed by atoms with van der Waals surface area (Å²) in [7, 11) is -0.438. The second-order valence-corrected chi connectivity index (χ2v) is 8.13. The molecule has 0 aromatic heterocycles. The summed E-state index contributed by atoms with van der Waals surface area (Å²) < 4.78 is 25.1. The van der Waals surface area contributed by atoms with E-state index in [0.717, 1.165) is 31.2 Å². The van der Waals surface area contributed by atoms with Gasteiger partial charge >= 0.3 is 0 Å². The van der Waals surface area contributed by atoms with Crippen molar-refractivity contribution in [2.75, 3.05) is 14.1 Å². The lowest BCUT2D eigenvalue weighted by Crippen LogP contribution is -2.51. The van der Waals surface area contributed by atoms with Crippen molar-refractivity contribution in [2.24, 2.45) is 5.73 Å². The van der Waals surface area contributed by atoms with E-state index in [0.29, 0.717) is 6.54 Å². The Kier molecular flexibility index (Phi) is 4.89. The molecule has 1 aliphatic rings. The Labute approximate surface area is 131 Å². The number of amides is 1. The fraction of sp³-hybridized carbons (Fsp3) is 0.533. The second-order valence-electron chi connectivity index (χ2n) is 5.98. The van der Waals surface area contributed by atoms with Gasteiger partial charge in [0, 0.05) is 20.6 Å². The molecule has 3 N–H and O–H groups in total. The first-order chi connectivity index (χ1) is 10.3. The van der Waals surface area contributed by atoms with Crippen molar-refractivity contribution in [3.05, 3.63) is 29.8 Å². The molecule has 0 aliphatic heterocycles. The molecule has 0 saturated heterocycles. The van der Waals surface area contributed by atoms with Crippen LogP contribution in [0.1, 0.15) is 31.2 Å². The Morgan fingerprint density at radius 3 is 2.27 bits per heavy atom. The van der Waals surface area contributed by atoms with Crippen LogP contribution in [0.5, 0.6) is 0 Å². The topological polar surface area (TPSA) is 92.5 Å². The highest BCUT2D eigenvalue weighted by atomic mass is 32.2. The van der Waals surface area contributed by atoms with Crippen LogP contribution in [-0.2, 0) is 21.4 Å². The number of hydrogen-bond donors (Lipinski definition) is 2. The van der Waals surface area contributed by atoms with Crippen LogP contribution in [0.15, 0.2) is 29.2 Å². The summed E-state index contributed by atoms with van der Waals surface area (Å²) >= 11 is 0. The molecule has 0 spiro atoms. The van der Waals surface area contributed by atoms with E-state index in [1.165, 1.54) is 18.4 Å². The van der Waals surface area contributed by atoms with Crippen molar-refractivity contribution in [3.63, 3.8) is 0 Å². The predicted octanol–water partition coefficient (Wildman–Crippen LogP) is 0.825. The van der Waals surface area contributed by atoms with Crippen LogP contribution in [0.2, 0.25) is 0 Å². The van der Waals surface area contributed by atoms with Gasteiger partial charge in [0.2, 0.25) is 15.9 Å². The molecule has 0 heterocycles. The minimum Gasteiger partial charge on any atom is -0.350 e. The van der Waals surface area contributed by atoms with Gasteiger partial charge in [0.1, 0.15) is 0 Å². The summed E-state index contributed by atoms with van der Waals surface area (Å²) in [5, 5.41) is 2.84. The van der Waals surface area contributed by atoms with Crippen LogP contribution in [-0.4, -0.2) is 38.3 Å². The van der Waals surface area contributed by atoms with Gasteiger partial charge in [-0.05, 0) is 30.5 Å². The standard InChI is InChI=1S/C15H23N3O3S/c1-18(2)22(20,21)13-7-5-12(6-8-13)11-17-14(19)15(16)9-3-4-10-15/h5-8H,3-4,9-11,16H2,1-2H3,(H,17,19). The molecule has 1 amide bonds.